The Kier molecular flexibility index (Phi) is 8.47. The smallest absolute Gasteiger partial charge is 0.308 e. The maximum absolute atomic E-state index is 13.4. The molecular weight excluding hydrogens is 410 g/mol. The van der Waals surface area contributed by atoms with E-state index in [-0.39, 0.29) is 17.0 Å². The molecule has 1 fully saturated rings. The van der Waals surface area contributed by atoms with Gasteiger partial charge in [-0.15, -0.1) is 0 Å². The van der Waals surface area contributed by atoms with Crippen molar-refractivity contribution < 1.29 is 19.5 Å². The third kappa shape index (κ3) is 5.99. The summed E-state index contributed by atoms with van der Waals surface area (Å²) in [6.45, 7) is 2.36. The number of carbonyl (C=O) groups excluding carboxylic acids is 2. The fourth-order valence-electron chi connectivity index (χ4n) is 4.98. The van der Waals surface area contributed by atoms with E-state index >= 15 is 0 Å². The normalized spacial score (nSPS) is 21.0. The third-order valence-electron chi connectivity index (χ3n) is 6.68. The molecule has 8 nitrogen and oxygen atoms in total. The average molecular weight is 446 g/mol. The Balaban J connectivity index is 1.88. The summed E-state index contributed by atoms with van der Waals surface area (Å²) in [5.41, 5.74) is 1.80. The number of nitrogens with one attached hydrogen (secondary N) is 2. The van der Waals surface area contributed by atoms with Gasteiger partial charge in [0.05, 0.1) is 5.92 Å². The molecule has 2 aliphatic rings. The minimum Gasteiger partial charge on any atom is -0.481 e. The summed E-state index contributed by atoms with van der Waals surface area (Å²) in [6.07, 6.45) is 9.35. The van der Waals surface area contributed by atoms with Gasteiger partial charge in [-0.25, -0.2) is 0 Å². The predicted octanol–water partition coefficient (Wildman–Crippen LogP) is 2.41. The van der Waals surface area contributed by atoms with Gasteiger partial charge in [0.1, 0.15) is 5.56 Å². The van der Waals surface area contributed by atoms with Crippen molar-refractivity contribution in [1.29, 1.82) is 0 Å². The molecule has 2 aliphatic carbocycles. The molecule has 3 N–H and O–H groups in total. The molecule has 2 atom stereocenters. The number of nitrogens with zero attached hydrogens (tertiary/aromatic N) is 1. The fraction of sp³-hybridized carbons (Fsp3) is 0.667. The largest absolute Gasteiger partial charge is 0.481 e. The van der Waals surface area contributed by atoms with Crippen LogP contribution in [-0.4, -0.2) is 40.0 Å². The first-order valence-corrected chi connectivity index (χ1v) is 11.9. The molecule has 0 aliphatic heterocycles. The second-order valence-electron chi connectivity index (χ2n) is 9.05. The molecule has 0 saturated heterocycles. The van der Waals surface area contributed by atoms with Crippen LogP contribution in [0.4, 0.5) is 0 Å². The van der Waals surface area contributed by atoms with Crippen molar-refractivity contribution in [3.05, 3.63) is 33.2 Å². The Morgan fingerprint density at radius 1 is 1.06 bits per heavy atom. The Morgan fingerprint density at radius 3 is 2.50 bits per heavy atom. The van der Waals surface area contributed by atoms with Crippen molar-refractivity contribution in [2.45, 2.75) is 90.1 Å². The van der Waals surface area contributed by atoms with E-state index in [1.807, 2.05) is 0 Å². The molecule has 1 aromatic rings. The Bertz CT molecular complexity index is 908. The van der Waals surface area contributed by atoms with Gasteiger partial charge < -0.3 is 20.3 Å². The first kappa shape index (κ1) is 24.0. The minimum absolute atomic E-state index is 0.0959. The van der Waals surface area contributed by atoms with Crippen LogP contribution in [0.5, 0.6) is 0 Å². The standard InChI is InChI=1S/C24H35N3O5/c1-16(28)25-13-8-14-27-21-12-5-3-2-4-9-17(21)15-19(23(27)30)22(29)26-20-11-7-6-10-18(20)24(31)32/h15,18,20H,2-14H2,1H3,(H,25,28)(H,26,29)(H,31,32). The highest BCUT2D eigenvalue weighted by Gasteiger charge is 2.32. The van der Waals surface area contributed by atoms with Gasteiger partial charge >= 0.3 is 5.97 Å². The van der Waals surface area contributed by atoms with Crippen molar-refractivity contribution in [3.8, 4) is 0 Å². The lowest BCUT2D eigenvalue weighted by atomic mass is 9.84. The van der Waals surface area contributed by atoms with Gasteiger partial charge in [-0.2, -0.15) is 0 Å². The zero-order chi connectivity index (χ0) is 23.1. The number of aliphatic carboxylic acids is 1. The summed E-state index contributed by atoms with van der Waals surface area (Å²) >= 11 is 0. The van der Waals surface area contributed by atoms with E-state index in [9.17, 15) is 24.3 Å². The van der Waals surface area contributed by atoms with Crippen LogP contribution >= 0.6 is 0 Å². The van der Waals surface area contributed by atoms with E-state index in [1.165, 1.54) is 6.92 Å². The predicted molar refractivity (Wildman–Crippen MR) is 121 cm³/mol. The topological polar surface area (TPSA) is 118 Å². The summed E-state index contributed by atoms with van der Waals surface area (Å²) < 4.78 is 1.72. The molecule has 2 unspecified atom stereocenters. The molecule has 1 heterocycles. The van der Waals surface area contributed by atoms with Crippen LogP contribution in [0.15, 0.2) is 10.9 Å². The maximum atomic E-state index is 13.4. The van der Waals surface area contributed by atoms with Crippen LogP contribution in [0.2, 0.25) is 0 Å². The SMILES string of the molecule is CC(=O)NCCCn1c2c(cc(C(=O)NC3CCCCC3C(=O)O)c1=O)CCCCCC2. The molecule has 32 heavy (non-hydrogen) atoms. The molecule has 0 bridgehead atoms. The highest BCUT2D eigenvalue weighted by molar-refractivity contribution is 5.94. The molecule has 8 heteroatoms. The maximum Gasteiger partial charge on any atom is 0.308 e. The van der Waals surface area contributed by atoms with E-state index in [2.05, 4.69) is 10.6 Å². The number of amides is 2. The molecular formula is C24H35N3O5. The molecule has 3 rings (SSSR count). The molecule has 0 aromatic carbocycles. The van der Waals surface area contributed by atoms with Crippen molar-refractivity contribution in [3.63, 3.8) is 0 Å². The number of hydrogen-bond acceptors (Lipinski definition) is 4. The number of hydrogen-bond donors (Lipinski definition) is 3. The number of carboxylic acid groups (broad SMARTS) is 1. The van der Waals surface area contributed by atoms with Crippen LogP contribution in [-0.2, 0) is 29.0 Å². The van der Waals surface area contributed by atoms with Crippen LogP contribution < -0.4 is 16.2 Å². The number of pyridine rings is 1. The second kappa shape index (κ2) is 11.3. The van der Waals surface area contributed by atoms with Crippen LogP contribution in [0.3, 0.4) is 0 Å². The highest BCUT2D eigenvalue weighted by Crippen LogP contribution is 2.25. The quantitative estimate of drug-likeness (QED) is 0.557. The fourth-order valence-corrected chi connectivity index (χ4v) is 4.98. The lowest BCUT2D eigenvalue weighted by Gasteiger charge is -2.29. The van der Waals surface area contributed by atoms with Gasteiger partial charge in [-0.05, 0) is 56.6 Å². The van der Waals surface area contributed by atoms with Gasteiger partial charge in [0, 0.05) is 31.7 Å². The van der Waals surface area contributed by atoms with E-state index < -0.39 is 23.8 Å². The monoisotopic (exact) mass is 445 g/mol. The molecule has 1 aromatic heterocycles. The van der Waals surface area contributed by atoms with Crippen LogP contribution in [0, 0.1) is 5.92 Å². The summed E-state index contributed by atoms with van der Waals surface area (Å²) in [4.78, 5) is 49.3. The zero-order valence-electron chi connectivity index (χ0n) is 19.0. The zero-order valence-corrected chi connectivity index (χ0v) is 19.0. The van der Waals surface area contributed by atoms with E-state index in [4.69, 9.17) is 0 Å². The van der Waals surface area contributed by atoms with Crippen LogP contribution in [0.1, 0.15) is 86.3 Å². The molecule has 0 spiro atoms. The Labute approximate surface area is 188 Å². The first-order valence-electron chi connectivity index (χ1n) is 11.9. The summed E-state index contributed by atoms with van der Waals surface area (Å²) in [5.74, 6) is -2.10. The number of rotatable bonds is 7. The Hall–Kier alpha value is -2.64. The number of carboxylic acids is 1. The number of fused-ring (bicyclic) bond motifs is 1. The minimum atomic E-state index is -0.899. The third-order valence-corrected chi connectivity index (χ3v) is 6.68. The van der Waals surface area contributed by atoms with Gasteiger partial charge in [-0.3, -0.25) is 19.2 Å². The van der Waals surface area contributed by atoms with Gasteiger partial charge in [0.15, 0.2) is 0 Å². The number of aryl methyl sites for hydroxylation is 1. The van der Waals surface area contributed by atoms with Crippen molar-refractivity contribution in [2.75, 3.05) is 6.54 Å². The van der Waals surface area contributed by atoms with E-state index in [0.717, 1.165) is 62.6 Å². The highest BCUT2D eigenvalue weighted by atomic mass is 16.4. The van der Waals surface area contributed by atoms with Crippen molar-refractivity contribution >= 4 is 17.8 Å². The van der Waals surface area contributed by atoms with Crippen LogP contribution in [0.25, 0.3) is 0 Å². The molecule has 2 amide bonds. The van der Waals surface area contributed by atoms with Crippen molar-refractivity contribution in [1.82, 2.24) is 15.2 Å². The van der Waals surface area contributed by atoms with Crippen molar-refractivity contribution in [2.24, 2.45) is 5.92 Å². The molecule has 1 saturated carbocycles. The lowest BCUT2D eigenvalue weighted by Crippen LogP contribution is -2.47. The summed E-state index contributed by atoms with van der Waals surface area (Å²) in [7, 11) is 0. The summed E-state index contributed by atoms with van der Waals surface area (Å²) in [6, 6.07) is 1.28. The first-order chi connectivity index (χ1) is 15.4. The molecule has 176 valence electrons. The number of carbonyl (C=O) groups is 3. The average Bonchev–Trinajstić information content (AvgIpc) is 2.73. The van der Waals surface area contributed by atoms with E-state index in [1.54, 1.807) is 10.6 Å². The molecule has 0 radical (unpaired) electrons. The second-order valence-corrected chi connectivity index (χ2v) is 9.05. The number of aromatic nitrogens is 1. The van der Waals surface area contributed by atoms with E-state index in [0.29, 0.717) is 32.4 Å². The van der Waals surface area contributed by atoms with Gasteiger partial charge in [-0.1, -0.05) is 25.7 Å². The Morgan fingerprint density at radius 2 is 1.78 bits per heavy atom. The lowest BCUT2D eigenvalue weighted by molar-refractivity contribution is -0.143. The van der Waals surface area contributed by atoms with Gasteiger partial charge in [0.25, 0.3) is 11.5 Å². The summed E-state index contributed by atoms with van der Waals surface area (Å²) in [5, 5.41) is 15.1. The van der Waals surface area contributed by atoms with Gasteiger partial charge in [0.2, 0.25) is 5.91 Å².